The van der Waals surface area contributed by atoms with Crippen molar-refractivity contribution in [2.24, 2.45) is 5.92 Å². The van der Waals surface area contributed by atoms with Gasteiger partial charge in [-0.15, -0.1) is 0 Å². The molecule has 0 saturated heterocycles. The number of carbonyl (C=O) groups is 1. The molecule has 0 aromatic heterocycles. The molecule has 0 amide bonds. The van der Waals surface area contributed by atoms with Crippen molar-refractivity contribution < 1.29 is 9.90 Å². The summed E-state index contributed by atoms with van der Waals surface area (Å²) in [6, 6.07) is 10.4. The summed E-state index contributed by atoms with van der Waals surface area (Å²) in [5, 5.41) is 8.75. The van der Waals surface area contributed by atoms with Crippen LogP contribution in [0.5, 0.6) is 0 Å². The molecule has 0 heterocycles. The van der Waals surface area contributed by atoms with Crippen LogP contribution in [-0.4, -0.2) is 11.1 Å². The Labute approximate surface area is 108 Å². The predicted molar refractivity (Wildman–Crippen MR) is 72.4 cm³/mol. The second-order valence-electron chi connectivity index (χ2n) is 4.87. The van der Waals surface area contributed by atoms with Crippen molar-refractivity contribution in [1.29, 1.82) is 0 Å². The minimum atomic E-state index is -0.868. The average molecular weight is 242 g/mol. The summed E-state index contributed by atoms with van der Waals surface area (Å²) in [4.78, 5) is 10.6. The fraction of sp³-hybridized carbons (Fsp3) is 0.312. The van der Waals surface area contributed by atoms with E-state index in [9.17, 15) is 4.79 Å². The minimum Gasteiger partial charge on any atom is -0.478 e. The van der Waals surface area contributed by atoms with Crippen LogP contribution in [0.3, 0.4) is 0 Å². The van der Waals surface area contributed by atoms with Gasteiger partial charge in [-0.2, -0.15) is 0 Å². The molecule has 1 aromatic carbocycles. The van der Waals surface area contributed by atoms with E-state index in [1.54, 1.807) is 0 Å². The first-order chi connectivity index (χ1) is 8.66. The van der Waals surface area contributed by atoms with Gasteiger partial charge in [0.2, 0.25) is 0 Å². The Morgan fingerprint density at radius 2 is 2.06 bits per heavy atom. The summed E-state index contributed by atoms with van der Waals surface area (Å²) in [5.41, 5.74) is 2.69. The van der Waals surface area contributed by atoms with Gasteiger partial charge in [-0.25, -0.2) is 4.79 Å². The number of allylic oxidation sites excluding steroid dienone is 3. The maximum absolute atomic E-state index is 10.6. The maximum Gasteiger partial charge on any atom is 0.327 e. The Hall–Kier alpha value is -1.83. The third-order valence-corrected chi connectivity index (χ3v) is 3.51. The molecule has 1 aliphatic rings. The van der Waals surface area contributed by atoms with Gasteiger partial charge in [-0.05, 0) is 37.2 Å². The number of aliphatic carboxylic acids is 1. The molecule has 0 radical (unpaired) electrons. The summed E-state index contributed by atoms with van der Waals surface area (Å²) < 4.78 is 0. The van der Waals surface area contributed by atoms with Crippen LogP contribution in [0.1, 0.15) is 31.2 Å². The molecule has 18 heavy (non-hydrogen) atoms. The van der Waals surface area contributed by atoms with E-state index in [0.29, 0.717) is 5.92 Å². The van der Waals surface area contributed by atoms with Crippen molar-refractivity contribution in [1.82, 2.24) is 0 Å². The molecule has 1 aliphatic carbocycles. The van der Waals surface area contributed by atoms with Gasteiger partial charge in [0.1, 0.15) is 0 Å². The van der Waals surface area contributed by atoms with E-state index in [0.717, 1.165) is 12.8 Å². The molecule has 1 N–H and O–H groups in total. The molecular weight excluding hydrogens is 224 g/mol. The van der Waals surface area contributed by atoms with Crippen LogP contribution in [0, 0.1) is 5.92 Å². The van der Waals surface area contributed by atoms with Crippen LogP contribution in [0.2, 0.25) is 0 Å². The van der Waals surface area contributed by atoms with Crippen LogP contribution in [0.25, 0.3) is 0 Å². The molecular formula is C16H18O2. The van der Waals surface area contributed by atoms with E-state index in [4.69, 9.17) is 5.11 Å². The lowest BCUT2D eigenvalue weighted by Gasteiger charge is -2.29. The normalized spacial score (nSPS) is 23.9. The van der Waals surface area contributed by atoms with Gasteiger partial charge >= 0.3 is 5.97 Å². The Kier molecular flexibility index (Phi) is 3.98. The van der Waals surface area contributed by atoms with Crippen molar-refractivity contribution in [3.05, 3.63) is 59.7 Å². The zero-order valence-electron chi connectivity index (χ0n) is 10.5. The summed E-state index contributed by atoms with van der Waals surface area (Å²) in [7, 11) is 0. The first-order valence-electron chi connectivity index (χ1n) is 6.28. The SMILES string of the molecule is CC1=CC[C@@H](/C=C/C(=O)O)[C@@H](c2ccccc2)C1. The van der Waals surface area contributed by atoms with E-state index in [1.165, 1.54) is 17.2 Å². The van der Waals surface area contributed by atoms with Crippen molar-refractivity contribution in [3.8, 4) is 0 Å². The molecule has 2 nitrogen and oxygen atoms in total. The summed E-state index contributed by atoms with van der Waals surface area (Å²) in [5.74, 6) is -0.188. The Balaban J connectivity index is 2.24. The molecule has 0 saturated carbocycles. The second-order valence-corrected chi connectivity index (χ2v) is 4.87. The highest BCUT2D eigenvalue weighted by Crippen LogP contribution is 2.38. The van der Waals surface area contributed by atoms with Gasteiger partial charge in [0, 0.05) is 6.08 Å². The van der Waals surface area contributed by atoms with E-state index in [1.807, 2.05) is 24.3 Å². The predicted octanol–water partition coefficient (Wildman–Crippen LogP) is 3.77. The van der Waals surface area contributed by atoms with Crippen molar-refractivity contribution >= 4 is 5.97 Å². The third-order valence-electron chi connectivity index (χ3n) is 3.51. The van der Waals surface area contributed by atoms with E-state index in [-0.39, 0.29) is 5.92 Å². The molecule has 0 unspecified atom stereocenters. The molecule has 2 heteroatoms. The standard InChI is InChI=1S/C16H18O2/c1-12-7-8-14(9-10-16(17)18)15(11-12)13-5-3-2-4-6-13/h2-7,9-10,14-15H,8,11H2,1H3,(H,17,18)/b10-9+/t14-,15+/m0/s1. The largest absolute Gasteiger partial charge is 0.478 e. The molecule has 0 fully saturated rings. The molecule has 0 aliphatic heterocycles. The van der Waals surface area contributed by atoms with Gasteiger partial charge in [0.05, 0.1) is 0 Å². The lowest BCUT2D eigenvalue weighted by Crippen LogP contribution is -2.15. The lowest BCUT2D eigenvalue weighted by molar-refractivity contribution is -0.131. The molecule has 0 spiro atoms. The van der Waals surface area contributed by atoms with Crippen LogP contribution in [-0.2, 0) is 4.79 Å². The number of hydrogen-bond acceptors (Lipinski definition) is 1. The Bertz CT molecular complexity index is 471. The van der Waals surface area contributed by atoms with Crippen LogP contribution < -0.4 is 0 Å². The summed E-state index contributed by atoms with van der Waals surface area (Å²) >= 11 is 0. The van der Waals surface area contributed by atoms with E-state index in [2.05, 4.69) is 25.1 Å². The van der Waals surface area contributed by atoms with Crippen LogP contribution >= 0.6 is 0 Å². The van der Waals surface area contributed by atoms with Gasteiger partial charge in [0.15, 0.2) is 0 Å². The third kappa shape index (κ3) is 3.10. The monoisotopic (exact) mass is 242 g/mol. The number of carboxylic acids is 1. The van der Waals surface area contributed by atoms with Crippen LogP contribution in [0.15, 0.2) is 54.1 Å². The quantitative estimate of drug-likeness (QED) is 0.647. The Morgan fingerprint density at radius 1 is 1.33 bits per heavy atom. The number of benzene rings is 1. The van der Waals surface area contributed by atoms with Crippen molar-refractivity contribution in [2.75, 3.05) is 0 Å². The second kappa shape index (κ2) is 5.67. The molecule has 94 valence electrons. The van der Waals surface area contributed by atoms with Crippen molar-refractivity contribution in [3.63, 3.8) is 0 Å². The first kappa shape index (κ1) is 12.6. The molecule has 0 bridgehead atoms. The maximum atomic E-state index is 10.6. The molecule has 2 rings (SSSR count). The topological polar surface area (TPSA) is 37.3 Å². The zero-order chi connectivity index (χ0) is 13.0. The highest BCUT2D eigenvalue weighted by Gasteiger charge is 2.24. The lowest BCUT2D eigenvalue weighted by atomic mass is 9.76. The van der Waals surface area contributed by atoms with Gasteiger partial charge in [-0.3, -0.25) is 0 Å². The van der Waals surface area contributed by atoms with Gasteiger partial charge in [-0.1, -0.05) is 48.1 Å². The number of hydrogen-bond donors (Lipinski definition) is 1. The average Bonchev–Trinajstić information content (AvgIpc) is 2.38. The van der Waals surface area contributed by atoms with Gasteiger partial charge in [0.25, 0.3) is 0 Å². The Morgan fingerprint density at radius 3 is 2.72 bits per heavy atom. The number of carboxylic acid groups (broad SMARTS) is 1. The van der Waals surface area contributed by atoms with Gasteiger partial charge < -0.3 is 5.11 Å². The number of rotatable bonds is 3. The fourth-order valence-corrected chi connectivity index (χ4v) is 2.57. The fourth-order valence-electron chi connectivity index (χ4n) is 2.57. The minimum absolute atomic E-state index is 0.284. The highest BCUT2D eigenvalue weighted by atomic mass is 16.4. The first-order valence-corrected chi connectivity index (χ1v) is 6.28. The van der Waals surface area contributed by atoms with E-state index < -0.39 is 5.97 Å². The highest BCUT2D eigenvalue weighted by molar-refractivity contribution is 5.79. The summed E-state index contributed by atoms with van der Waals surface area (Å²) in [6.07, 6.45) is 7.27. The van der Waals surface area contributed by atoms with E-state index >= 15 is 0 Å². The van der Waals surface area contributed by atoms with Crippen LogP contribution in [0.4, 0.5) is 0 Å². The van der Waals surface area contributed by atoms with Crippen molar-refractivity contribution in [2.45, 2.75) is 25.7 Å². The smallest absolute Gasteiger partial charge is 0.327 e. The molecule has 1 aromatic rings. The molecule has 2 atom stereocenters. The summed E-state index contributed by atoms with van der Waals surface area (Å²) in [6.45, 7) is 2.15. The zero-order valence-corrected chi connectivity index (χ0v) is 10.5.